The minimum absolute atomic E-state index is 0.131. The number of anilines is 1. The Kier molecular flexibility index (Phi) is 5.24. The highest BCUT2D eigenvalue weighted by molar-refractivity contribution is 5.99. The number of ether oxygens (including phenoxy) is 1. The lowest BCUT2D eigenvalue weighted by Crippen LogP contribution is -2.49. The molecule has 1 saturated heterocycles. The zero-order chi connectivity index (χ0) is 20.6. The number of piperidine rings is 1. The Morgan fingerprint density at radius 1 is 1.43 bits per heavy atom. The molecule has 1 aliphatic heterocycles. The van der Waals surface area contributed by atoms with E-state index in [1.807, 2.05) is 39.5 Å². The van der Waals surface area contributed by atoms with Crippen LogP contribution in [0.4, 0.5) is 14.9 Å². The van der Waals surface area contributed by atoms with Gasteiger partial charge in [-0.25, -0.2) is 9.18 Å². The highest BCUT2D eigenvalue weighted by Crippen LogP contribution is 2.37. The van der Waals surface area contributed by atoms with E-state index < -0.39 is 17.5 Å². The summed E-state index contributed by atoms with van der Waals surface area (Å²) in [6.45, 7) is 10.5. The van der Waals surface area contributed by atoms with Crippen molar-refractivity contribution in [1.29, 1.82) is 5.26 Å². The van der Waals surface area contributed by atoms with Crippen LogP contribution in [0, 0.1) is 31.0 Å². The van der Waals surface area contributed by atoms with Gasteiger partial charge < -0.3 is 19.9 Å². The first-order valence-corrected chi connectivity index (χ1v) is 9.56. The van der Waals surface area contributed by atoms with E-state index >= 15 is 4.39 Å². The van der Waals surface area contributed by atoms with E-state index in [2.05, 4.69) is 16.4 Å². The van der Waals surface area contributed by atoms with Crippen LogP contribution < -0.4 is 10.2 Å². The fourth-order valence-electron chi connectivity index (χ4n) is 3.77. The molecule has 0 bridgehead atoms. The highest BCUT2D eigenvalue weighted by atomic mass is 19.1. The Morgan fingerprint density at radius 3 is 2.79 bits per heavy atom. The first-order chi connectivity index (χ1) is 13.1. The Morgan fingerprint density at radius 2 is 2.14 bits per heavy atom. The zero-order valence-electron chi connectivity index (χ0n) is 17.1. The first kappa shape index (κ1) is 20.0. The molecule has 0 unspecified atom stereocenters. The Balaban J connectivity index is 1.91. The molecule has 2 heterocycles. The summed E-state index contributed by atoms with van der Waals surface area (Å²) in [6.07, 6.45) is 1.17. The molecular formula is C21H27FN4O2. The third-order valence-electron chi connectivity index (χ3n) is 5.08. The molecule has 6 nitrogen and oxygen atoms in total. The molecule has 0 spiro atoms. The molecule has 2 aromatic rings. The van der Waals surface area contributed by atoms with Crippen molar-refractivity contribution in [3.8, 4) is 6.07 Å². The van der Waals surface area contributed by atoms with Crippen molar-refractivity contribution in [2.75, 3.05) is 18.0 Å². The molecule has 1 aromatic heterocycles. The van der Waals surface area contributed by atoms with Gasteiger partial charge in [0.15, 0.2) is 0 Å². The van der Waals surface area contributed by atoms with Crippen LogP contribution in [0.5, 0.6) is 0 Å². The molecule has 1 aliphatic rings. The molecule has 1 amide bonds. The number of nitrogens with one attached hydrogen (secondary N) is 2. The molecule has 0 aliphatic carbocycles. The number of alkyl carbamates (subject to hydrolysis) is 1. The van der Waals surface area contributed by atoms with Gasteiger partial charge in [0.1, 0.15) is 17.5 Å². The second kappa shape index (κ2) is 7.34. The van der Waals surface area contributed by atoms with Gasteiger partial charge in [0.2, 0.25) is 0 Å². The second-order valence-corrected chi connectivity index (χ2v) is 8.42. The molecular weight excluding hydrogens is 359 g/mol. The molecule has 0 radical (unpaired) electrons. The number of aromatic amines is 1. The van der Waals surface area contributed by atoms with E-state index in [1.165, 1.54) is 6.07 Å². The number of hydrogen-bond donors (Lipinski definition) is 2. The number of nitrogens with zero attached hydrogens (tertiary/aromatic N) is 2. The van der Waals surface area contributed by atoms with Gasteiger partial charge in [-0.2, -0.15) is 5.26 Å². The number of hydrogen-bond acceptors (Lipinski definition) is 4. The maximum Gasteiger partial charge on any atom is 0.407 e. The first-order valence-electron chi connectivity index (χ1n) is 9.56. The summed E-state index contributed by atoms with van der Waals surface area (Å²) in [5, 5.41) is 13.0. The van der Waals surface area contributed by atoms with Crippen molar-refractivity contribution >= 4 is 22.7 Å². The van der Waals surface area contributed by atoms with Gasteiger partial charge in [0.25, 0.3) is 0 Å². The van der Waals surface area contributed by atoms with Crippen LogP contribution in [0.2, 0.25) is 0 Å². The van der Waals surface area contributed by atoms with Gasteiger partial charge in [-0.1, -0.05) is 0 Å². The Bertz CT molecular complexity index is 952. The third kappa shape index (κ3) is 3.91. The number of benzene rings is 1. The molecule has 1 aromatic carbocycles. The van der Waals surface area contributed by atoms with Gasteiger partial charge >= 0.3 is 6.09 Å². The minimum Gasteiger partial charge on any atom is -0.444 e. The number of nitriles is 1. The summed E-state index contributed by atoms with van der Waals surface area (Å²) >= 11 is 0. The number of amides is 1. The van der Waals surface area contributed by atoms with E-state index in [0.717, 1.165) is 29.5 Å². The average molecular weight is 386 g/mol. The lowest BCUT2D eigenvalue weighted by atomic mass is 10.0. The average Bonchev–Trinajstić information content (AvgIpc) is 2.88. The standard InChI is InChI=1S/C21H27FN4O2/c1-12-13(2)24-18-14(10-23)9-16(22)19(17(12)18)26-8-6-7-15(11-26)25-20(27)28-21(3,4)5/h9,15,24H,6-8,11H2,1-5H3,(H,25,27)/t15-/m0/s1. The number of fused-ring (bicyclic) bond motifs is 1. The minimum atomic E-state index is -0.566. The zero-order valence-corrected chi connectivity index (χ0v) is 17.1. The van der Waals surface area contributed by atoms with Crippen LogP contribution in [-0.4, -0.2) is 35.8 Å². The summed E-state index contributed by atoms with van der Waals surface area (Å²) in [5.41, 5.74) is 2.74. The van der Waals surface area contributed by atoms with Crippen molar-refractivity contribution in [3.05, 3.63) is 28.7 Å². The monoisotopic (exact) mass is 386 g/mol. The van der Waals surface area contributed by atoms with Crippen LogP contribution in [-0.2, 0) is 4.74 Å². The molecule has 150 valence electrons. The quantitative estimate of drug-likeness (QED) is 0.807. The number of carbonyl (C=O) groups excluding carboxylic acids is 1. The highest BCUT2D eigenvalue weighted by Gasteiger charge is 2.28. The largest absolute Gasteiger partial charge is 0.444 e. The maximum atomic E-state index is 15.0. The van der Waals surface area contributed by atoms with Crippen molar-refractivity contribution < 1.29 is 13.9 Å². The number of aryl methyl sites for hydroxylation is 2. The normalized spacial score (nSPS) is 17.5. The van der Waals surface area contributed by atoms with Gasteiger partial charge in [0.05, 0.1) is 16.8 Å². The van der Waals surface area contributed by atoms with E-state index in [1.54, 1.807) is 0 Å². The summed E-state index contributed by atoms with van der Waals surface area (Å²) in [4.78, 5) is 17.3. The Labute approximate surface area is 164 Å². The molecule has 2 N–H and O–H groups in total. The van der Waals surface area contributed by atoms with E-state index in [-0.39, 0.29) is 6.04 Å². The predicted octanol–water partition coefficient (Wildman–Crippen LogP) is 4.29. The molecule has 1 fully saturated rings. The van der Waals surface area contributed by atoms with Crippen LogP contribution in [0.3, 0.4) is 0 Å². The van der Waals surface area contributed by atoms with E-state index in [4.69, 9.17) is 4.74 Å². The molecule has 1 atom stereocenters. The van der Waals surface area contributed by atoms with Crippen molar-refractivity contribution in [2.24, 2.45) is 0 Å². The smallest absolute Gasteiger partial charge is 0.407 e. The van der Waals surface area contributed by atoms with Gasteiger partial charge in [-0.15, -0.1) is 0 Å². The predicted molar refractivity (Wildman–Crippen MR) is 107 cm³/mol. The fraction of sp³-hybridized carbons (Fsp3) is 0.524. The van der Waals surface area contributed by atoms with Crippen LogP contribution in [0.25, 0.3) is 10.9 Å². The molecule has 7 heteroatoms. The fourth-order valence-corrected chi connectivity index (χ4v) is 3.77. The summed E-state index contributed by atoms with van der Waals surface area (Å²) in [6, 6.07) is 3.23. The van der Waals surface area contributed by atoms with E-state index in [9.17, 15) is 10.1 Å². The van der Waals surface area contributed by atoms with E-state index in [0.29, 0.717) is 29.9 Å². The number of halogens is 1. The number of aromatic nitrogens is 1. The summed E-state index contributed by atoms with van der Waals surface area (Å²) in [7, 11) is 0. The number of carbonyl (C=O) groups is 1. The van der Waals surface area contributed by atoms with Crippen molar-refractivity contribution in [2.45, 2.75) is 59.1 Å². The van der Waals surface area contributed by atoms with Crippen LogP contribution >= 0.6 is 0 Å². The van der Waals surface area contributed by atoms with Gasteiger partial charge in [-0.3, -0.25) is 0 Å². The van der Waals surface area contributed by atoms with Gasteiger partial charge in [-0.05, 0) is 59.1 Å². The third-order valence-corrected chi connectivity index (χ3v) is 5.08. The summed E-state index contributed by atoms with van der Waals surface area (Å²) < 4.78 is 20.4. The SMILES string of the molecule is Cc1[nH]c2c(C#N)cc(F)c(N3CCC[C@H](NC(=O)OC(C)(C)C)C3)c2c1C. The lowest BCUT2D eigenvalue weighted by molar-refractivity contribution is 0.0500. The summed E-state index contributed by atoms with van der Waals surface area (Å²) in [5.74, 6) is -0.413. The van der Waals surface area contributed by atoms with Crippen molar-refractivity contribution in [3.63, 3.8) is 0 Å². The maximum absolute atomic E-state index is 15.0. The molecule has 3 rings (SSSR count). The molecule has 0 saturated carbocycles. The van der Waals surface area contributed by atoms with Crippen molar-refractivity contribution in [1.82, 2.24) is 10.3 Å². The Hall–Kier alpha value is -2.75. The molecule has 28 heavy (non-hydrogen) atoms. The van der Waals surface area contributed by atoms with Crippen LogP contribution in [0.15, 0.2) is 6.07 Å². The van der Waals surface area contributed by atoms with Crippen LogP contribution in [0.1, 0.15) is 50.4 Å². The topological polar surface area (TPSA) is 81.2 Å². The number of rotatable bonds is 2. The van der Waals surface area contributed by atoms with Gasteiger partial charge in [0, 0.05) is 30.2 Å². The number of H-pyrrole nitrogens is 1. The lowest BCUT2D eigenvalue weighted by Gasteiger charge is -2.35. The second-order valence-electron chi connectivity index (χ2n) is 8.42.